The molecule has 0 heterocycles. The molecule has 2 rings (SSSR count). The van der Waals surface area contributed by atoms with Gasteiger partial charge in [-0.15, -0.1) is 0 Å². The number of rotatable bonds is 4. The van der Waals surface area contributed by atoms with Crippen molar-refractivity contribution in [3.8, 4) is 6.07 Å². The molecule has 0 bridgehead atoms. The minimum absolute atomic E-state index is 0.0991. The molecule has 0 aliphatic rings. The van der Waals surface area contributed by atoms with Gasteiger partial charge >= 0.3 is 0 Å². The van der Waals surface area contributed by atoms with Crippen molar-refractivity contribution in [2.24, 2.45) is 0 Å². The third-order valence-corrected chi connectivity index (χ3v) is 4.80. The van der Waals surface area contributed by atoms with E-state index in [4.69, 9.17) is 5.26 Å². The molecule has 0 aliphatic carbocycles. The standard InChI is InChI=1S/C16H16N2O2S/c1-12-6-3-4-9-16(12)13(2)18-21(19,20)15-8-5-7-14(10-15)11-17/h3-10,13,18H,1-2H3. The van der Waals surface area contributed by atoms with Crippen molar-refractivity contribution >= 4 is 10.0 Å². The van der Waals surface area contributed by atoms with Crippen LogP contribution < -0.4 is 4.72 Å². The second kappa shape index (κ2) is 6.08. The number of benzene rings is 2. The van der Waals surface area contributed by atoms with Crippen LogP contribution >= 0.6 is 0 Å². The zero-order valence-electron chi connectivity index (χ0n) is 11.9. The highest BCUT2D eigenvalue weighted by Crippen LogP contribution is 2.20. The normalized spacial score (nSPS) is 12.6. The highest BCUT2D eigenvalue weighted by atomic mass is 32.2. The minimum Gasteiger partial charge on any atom is -0.207 e. The second-order valence-electron chi connectivity index (χ2n) is 4.84. The third-order valence-electron chi connectivity index (χ3n) is 3.26. The van der Waals surface area contributed by atoms with Gasteiger partial charge in [0.1, 0.15) is 0 Å². The summed E-state index contributed by atoms with van der Waals surface area (Å²) in [5, 5.41) is 8.86. The van der Waals surface area contributed by atoms with E-state index in [-0.39, 0.29) is 10.9 Å². The van der Waals surface area contributed by atoms with Gasteiger partial charge in [-0.05, 0) is 43.2 Å². The Morgan fingerprint density at radius 1 is 1.14 bits per heavy atom. The molecule has 2 aromatic carbocycles. The SMILES string of the molecule is Cc1ccccc1C(C)NS(=O)(=O)c1cccc(C#N)c1. The van der Waals surface area contributed by atoms with E-state index in [2.05, 4.69) is 4.72 Å². The van der Waals surface area contributed by atoms with E-state index in [1.54, 1.807) is 19.1 Å². The fourth-order valence-electron chi connectivity index (χ4n) is 2.17. The van der Waals surface area contributed by atoms with Crippen LogP contribution in [0.3, 0.4) is 0 Å². The first-order valence-corrected chi connectivity index (χ1v) is 8.00. The zero-order valence-corrected chi connectivity index (χ0v) is 12.7. The van der Waals surface area contributed by atoms with Gasteiger partial charge in [0.05, 0.1) is 16.5 Å². The fourth-order valence-corrected chi connectivity index (χ4v) is 3.44. The Balaban J connectivity index is 2.29. The molecule has 0 saturated carbocycles. The number of nitriles is 1. The largest absolute Gasteiger partial charge is 0.241 e. The van der Waals surface area contributed by atoms with Crippen molar-refractivity contribution in [2.75, 3.05) is 0 Å². The van der Waals surface area contributed by atoms with Crippen LogP contribution in [0.5, 0.6) is 0 Å². The van der Waals surface area contributed by atoms with Crippen LogP contribution in [0.1, 0.15) is 29.7 Å². The molecule has 5 heteroatoms. The van der Waals surface area contributed by atoms with Crippen LogP contribution in [0.2, 0.25) is 0 Å². The molecule has 1 atom stereocenters. The molecular formula is C16H16N2O2S. The summed E-state index contributed by atoms with van der Waals surface area (Å²) in [6.07, 6.45) is 0. The van der Waals surface area contributed by atoms with Gasteiger partial charge in [0.2, 0.25) is 10.0 Å². The molecule has 0 radical (unpaired) electrons. The lowest BCUT2D eigenvalue weighted by atomic mass is 10.0. The molecule has 1 unspecified atom stereocenters. The first-order chi connectivity index (χ1) is 9.94. The highest BCUT2D eigenvalue weighted by molar-refractivity contribution is 7.89. The lowest BCUT2D eigenvalue weighted by molar-refractivity contribution is 0.566. The maximum absolute atomic E-state index is 12.4. The number of nitrogens with zero attached hydrogens (tertiary/aromatic N) is 1. The molecule has 1 N–H and O–H groups in total. The topological polar surface area (TPSA) is 70.0 Å². The molecule has 0 spiro atoms. The Hall–Kier alpha value is -2.16. The van der Waals surface area contributed by atoms with E-state index in [1.165, 1.54) is 12.1 Å². The third kappa shape index (κ3) is 3.48. The van der Waals surface area contributed by atoms with Crippen LogP contribution in [0.4, 0.5) is 0 Å². The Morgan fingerprint density at radius 2 is 1.86 bits per heavy atom. The fraction of sp³-hybridized carbons (Fsp3) is 0.188. The van der Waals surface area contributed by atoms with Gasteiger partial charge in [-0.2, -0.15) is 5.26 Å². The van der Waals surface area contributed by atoms with Crippen molar-refractivity contribution in [1.82, 2.24) is 4.72 Å². The van der Waals surface area contributed by atoms with E-state index < -0.39 is 10.0 Å². The summed E-state index contributed by atoms with van der Waals surface area (Å²) in [5.41, 5.74) is 2.28. The Labute approximate surface area is 125 Å². The van der Waals surface area contributed by atoms with Gasteiger partial charge < -0.3 is 0 Å². The predicted molar refractivity (Wildman–Crippen MR) is 81.1 cm³/mol. The van der Waals surface area contributed by atoms with Gasteiger partial charge in [-0.3, -0.25) is 0 Å². The molecule has 108 valence electrons. The number of nitrogens with one attached hydrogen (secondary N) is 1. The summed E-state index contributed by atoms with van der Waals surface area (Å²) >= 11 is 0. The van der Waals surface area contributed by atoms with Gasteiger partial charge in [0, 0.05) is 6.04 Å². The van der Waals surface area contributed by atoms with Crippen molar-refractivity contribution < 1.29 is 8.42 Å². The average molecular weight is 300 g/mol. The van der Waals surface area contributed by atoms with Crippen LogP contribution in [0, 0.1) is 18.3 Å². The molecule has 0 aromatic heterocycles. The summed E-state index contributed by atoms with van der Waals surface area (Å²) in [6, 6.07) is 15.2. The zero-order chi connectivity index (χ0) is 15.5. The van der Waals surface area contributed by atoms with Crippen LogP contribution in [-0.4, -0.2) is 8.42 Å². The van der Waals surface area contributed by atoms with Crippen LogP contribution in [-0.2, 0) is 10.0 Å². The molecule has 0 aliphatic heterocycles. The number of sulfonamides is 1. The van der Waals surface area contributed by atoms with E-state index in [0.29, 0.717) is 5.56 Å². The van der Waals surface area contributed by atoms with Gasteiger partial charge in [-0.25, -0.2) is 13.1 Å². The number of hydrogen-bond donors (Lipinski definition) is 1. The Morgan fingerprint density at radius 3 is 2.52 bits per heavy atom. The average Bonchev–Trinajstić information content (AvgIpc) is 2.47. The first kappa shape index (κ1) is 15.2. The van der Waals surface area contributed by atoms with Crippen molar-refractivity contribution in [3.63, 3.8) is 0 Å². The maximum Gasteiger partial charge on any atom is 0.241 e. The second-order valence-corrected chi connectivity index (χ2v) is 6.55. The molecule has 2 aromatic rings. The summed E-state index contributed by atoms with van der Waals surface area (Å²) in [4.78, 5) is 0.0991. The van der Waals surface area contributed by atoms with Gasteiger partial charge in [0.15, 0.2) is 0 Å². The molecule has 21 heavy (non-hydrogen) atoms. The quantitative estimate of drug-likeness (QED) is 0.943. The van der Waals surface area contributed by atoms with E-state index in [1.807, 2.05) is 37.3 Å². The summed E-state index contributed by atoms with van der Waals surface area (Å²) < 4.78 is 27.4. The molecular weight excluding hydrogens is 284 g/mol. The van der Waals surface area contributed by atoms with E-state index >= 15 is 0 Å². The smallest absolute Gasteiger partial charge is 0.207 e. The first-order valence-electron chi connectivity index (χ1n) is 6.52. The summed E-state index contributed by atoms with van der Waals surface area (Å²) in [6.45, 7) is 3.74. The van der Waals surface area contributed by atoms with Crippen molar-refractivity contribution in [2.45, 2.75) is 24.8 Å². The molecule has 4 nitrogen and oxygen atoms in total. The summed E-state index contributed by atoms with van der Waals surface area (Å²) in [5.74, 6) is 0. The van der Waals surface area contributed by atoms with Gasteiger partial charge in [-0.1, -0.05) is 30.3 Å². The van der Waals surface area contributed by atoms with Gasteiger partial charge in [0.25, 0.3) is 0 Å². The van der Waals surface area contributed by atoms with Crippen LogP contribution in [0.25, 0.3) is 0 Å². The van der Waals surface area contributed by atoms with Crippen LogP contribution in [0.15, 0.2) is 53.4 Å². The van der Waals surface area contributed by atoms with E-state index in [9.17, 15) is 8.42 Å². The summed E-state index contributed by atoms with van der Waals surface area (Å²) in [7, 11) is -3.66. The van der Waals surface area contributed by atoms with E-state index in [0.717, 1.165) is 11.1 Å². The number of hydrogen-bond acceptors (Lipinski definition) is 3. The lowest BCUT2D eigenvalue weighted by Crippen LogP contribution is -2.27. The lowest BCUT2D eigenvalue weighted by Gasteiger charge is -2.16. The minimum atomic E-state index is -3.66. The van der Waals surface area contributed by atoms with Crippen molar-refractivity contribution in [1.29, 1.82) is 5.26 Å². The Bertz CT molecular complexity index is 792. The molecule has 0 saturated heterocycles. The highest BCUT2D eigenvalue weighted by Gasteiger charge is 2.19. The predicted octanol–water partition coefficient (Wildman–Crippen LogP) is 2.91. The maximum atomic E-state index is 12.4. The van der Waals surface area contributed by atoms with Crippen molar-refractivity contribution in [3.05, 3.63) is 65.2 Å². The monoisotopic (exact) mass is 300 g/mol. The molecule has 0 amide bonds. The molecule has 0 fully saturated rings. The number of aryl methyl sites for hydroxylation is 1. The Kier molecular flexibility index (Phi) is 4.41.